The molecular weight excluding hydrogens is 518 g/mol. The summed E-state index contributed by atoms with van der Waals surface area (Å²) < 4.78 is 35.2. The number of sulfonamides is 1. The Morgan fingerprint density at radius 1 is 1.06 bits per heavy atom. The molecule has 7 nitrogen and oxygen atoms in total. The molecule has 9 heteroatoms. The lowest BCUT2D eigenvalue weighted by Crippen LogP contribution is -2.56. The van der Waals surface area contributed by atoms with Crippen molar-refractivity contribution in [3.63, 3.8) is 0 Å². The average molecular weight is 544 g/mol. The van der Waals surface area contributed by atoms with Crippen LogP contribution in [0.4, 0.5) is 4.79 Å². The Hall–Kier alpha value is -2.49. The molecule has 2 unspecified atom stereocenters. The summed E-state index contributed by atoms with van der Waals surface area (Å²) in [5, 5.41) is 1.42. The lowest BCUT2D eigenvalue weighted by atomic mass is 9.85. The molecule has 2 saturated heterocycles. The summed E-state index contributed by atoms with van der Waals surface area (Å²) in [7, 11) is -3.70. The van der Waals surface area contributed by atoms with Crippen molar-refractivity contribution in [2.24, 2.45) is 5.92 Å². The fourth-order valence-corrected chi connectivity index (χ4v) is 7.57. The first-order valence-corrected chi connectivity index (χ1v) is 13.7. The fourth-order valence-electron chi connectivity index (χ4n) is 5.13. The SMILES string of the molecule is O=C(OCc1ccccc1)N1CCCC2CN(S(=O)(=O)c3cccc4cncc(Br)c34)CCC21. The van der Waals surface area contributed by atoms with Crippen LogP contribution < -0.4 is 0 Å². The normalized spacial score (nSPS) is 21.3. The van der Waals surface area contributed by atoms with Gasteiger partial charge in [0, 0.05) is 53.3 Å². The quantitative estimate of drug-likeness (QED) is 0.471. The van der Waals surface area contributed by atoms with E-state index >= 15 is 0 Å². The van der Waals surface area contributed by atoms with Crippen molar-refractivity contribution in [1.82, 2.24) is 14.2 Å². The molecule has 1 amide bonds. The molecule has 178 valence electrons. The Labute approximate surface area is 207 Å². The van der Waals surface area contributed by atoms with Crippen molar-refractivity contribution in [3.05, 3.63) is 71.0 Å². The van der Waals surface area contributed by atoms with Gasteiger partial charge in [0.15, 0.2) is 0 Å². The number of carbonyl (C=O) groups is 1. The van der Waals surface area contributed by atoms with E-state index < -0.39 is 10.0 Å². The van der Waals surface area contributed by atoms with Crippen LogP contribution >= 0.6 is 15.9 Å². The highest BCUT2D eigenvalue weighted by Crippen LogP contribution is 2.36. The van der Waals surface area contributed by atoms with Gasteiger partial charge in [-0.25, -0.2) is 13.2 Å². The number of carbonyl (C=O) groups excluding carboxylic acids is 1. The number of hydrogen-bond acceptors (Lipinski definition) is 5. The Bertz CT molecular complexity index is 1300. The highest BCUT2D eigenvalue weighted by molar-refractivity contribution is 9.10. The topological polar surface area (TPSA) is 79.8 Å². The minimum absolute atomic E-state index is 0.00748. The van der Waals surface area contributed by atoms with Gasteiger partial charge in [-0.1, -0.05) is 42.5 Å². The molecule has 3 heterocycles. The van der Waals surface area contributed by atoms with Crippen LogP contribution in [0.25, 0.3) is 10.8 Å². The van der Waals surface area contributed by atoms with Gasteiger partial charge in [-0.15, -0.1) is 0 Å². The summed E-state index contributed by atoms with van der Waals surface area (Å²) >= 11 is 3.47. The average Bonchev–Trinajstić information content (AvgIpc) is 2.87. The van der Waals surface area contributed by atoms with Gasteiger partial charge in [0.05, 0.1) is 4.90 Å². The van der Waals surface area contributed by atoms with Crippen molar-refractivity contribution >= 4 is 42.8 Å². The molecule has 5 rings (SSSR count). The number of pyridine rings is 1. The summed E-state index contributed by atoms with van der Waals surface area (Å²) in [5.74, 6) is 0.0848. The molecule has 0 aliphatic carbocycles. The smallest absolute Gasteiger partial charge is 0.410 e. The van der Waals surface area contributed by atoms with Gasteiger partial charge in [-0.3, -0.25) is 4.98 Å². The number of benzene rings is 2. The Morgan fingerprint density at radius 2 is 1.88 bits per heavy atom. The highest BCUT2D eigenvalue weighted by atomic mass is 79.9. The summed E-state index contributed by atoms with van der Waals surface area (Å²) in [6.45, 7) is 1.64. The lowest BCUT2D eigenvalue weighted by Gasteiger charge is -2.46. The molecule has 0 saturated carbocycles. The molecular formula is C25H26BrN3O4S. The molecule has 1 aromatic heterocycles. The van der Waals surface area contributed by atoms with E-state index in [4.69, 9.17) is 4.74 Å². The zero-order chi connectivity index (χ0) is 23.7. The summed E-state index contributed by atoms with van der Waals surface area (Å²) in [6.07, 6.45) is 5.29. The first kappa shape index (κ1) is 23.3. The number of hydrogen-bond donors (Lipinski definition) is 0. The number of ether oxygens (including phenoxy) is 1. The van der Waals surface area contributed by atoms with E-state index in [-0.39, 0.29) is 29.6 Å². The number of rotatable bonds is 4. The predicted octanol–water partition coefficient (Wildman–Crippen LogP) is 4.81. The third-order valence-corrected chi connectivity index (χ3v) is 9.30. The van der Waals surface area contributed by atoms with E-state index in [1.807, 2.05) is 36.4 Å². The van der Waals surface area contributed by atoms with Crippen LogP contribution in [0.15, 0.2) is 70.3 Å². The Kier molecular flexibility index (Phi) is 6.59. The molecule has 0 spiro atoms. The second kappa shape index (κ2) is 9.64. The minimum atomic E-state index is -3.70. The largest absolute Gasteiger partial charge is 0.445 e. The molecule has 2 aliphatic heterocycles. The second-order valence-electron chi connectivity index (χ2n) is 8.83. The van der Waals surface area contributed by atoms with Crippen molar-refractivity contribution in [2.75, 3.05) is 19.6 Å². The van der Waals surface area contributed by atoms with Crippen LogP contribution in [0.1, 0.15) is 24.8 Å². The van der Waals surface area contributed by atoms with Crippen molar-refractivity contribution < 1.29 is 17.9 Å². The van der Waals surface area contributed by atoms with Crippen LogP contribution in [0.2, 0.25) is 0 Å². The number of aromatic nitrogens is 1. The van der Waals surface area contributed by atoms with Crippen molar-refractivity contribution in [2.45, 2.75) is 36.8 Å². The molecule has 2 aromatic carbocycles. The van der Waals surface area contributed by atoms with Gasteiger partial charge >= 0.3 is 6.09 Å². The summed E-state index contributed by atoms with van der Waals surface area (Å²) in [6, 6.07) is 14.9. The third kappa shape index (κ3) is 4.44. The summed E-state index contributed by atoms with van der Waals surface area (Å²) in [4.78, 5) is 19.1. The second-order valence-corrected chi connectivity index (χ2v) is 11.6. The van der Waals surface area contributed by atoms with Gasteiger partial charge in [0.2, 0.25) is 10.0 Å². The molecule has 2 atom stereocenters. The Balaban J connectivity index is 1.32. The van der Waals surface area contributed by atoms with E-state index in [1.54, 1.807) is 33.7 Å². The van der Waals surface area contributed by atoms with Crippen LogP contribution in [-0.2, 0) is 21.4 Å². The molecule has 0 bridgehead atoms. The first-order chi connectivity index (χ1) is 16.4. The molecule has 0 N–H and O–H groups in total. The van der Waals surface area contributed by atoms with E-state index in [1.165, 1.54) is 0 Å². The third-order valence-electron chi connectivity index (χ3n) is 6.79. The zero-order valence-corrected chi connectivity index (χ0v) is 21.0. The van der Waals surface area contributed by atoms with Crippen LogP contribution in [-0.4, -0.2) is 54.4 Å². The zero-order valence-electron chi connectivity index (χ0n) is 18.6. The van der Waals surface area contributed by atoms with E-state index in [9.17, 15) is 13.2 Å². The maximum atomic E-state index is 13.7. The van der Waals surface area contributed by atoms with Gasteiger partial charge in [0.1, 0.15) is 6.61 Å². The van der Waals surface area contributed by atoms with Gasteiger partial charge < -0.3 is 9.64 Å². The van der Waals surface area contributed by atoms with Crippen molar-refractivity contribution in [1.29, 1.82) is 0 Å². The van der Waals surface area contributed by atoms with E-state index in [2.05, 4.69) is 20.9 Å². The van der Waals surface area contributed by atoms with Gasteiger partial charge in [0.25, 0.3) is 0 Å². The number of fused-ring (bicyclic) bond motifs is 2. The number of likely N-dealkylation sites (tertiary alicyclic amines) is 1. The fraction of sp³-hybridized carbons (Fsp3) is 0.360. The summed E-state index contributed by atoms with van der Waals surface area (Å²) in [5.41, 5.74) is 0.946. The number of piperidine rings is 2. The monoisotopic (exact) mass is 543 g/mol. The minimum Gasteiger partial charge on any atom is -0.445 e. The molecule has 0 radical (unpaired) electrons. The number of halogens is 1. The van der Waals surface area contributed by atoms with Crippen LogP contribution in [0.5, 0.6) is 0 Å². The molecule has 3 aromatic rings. The molecule has 2 fully saturated rings. The molecule has 34 heavy (non-hydrogen) atoms. The van der Waals surface area contributed by atoms with Crippen LogP contribution in [0, 0.1) is 5.92 Å². The van der Waals surface area contributed by atoms with Crippen molar-refractivity contribution in [3.8, 4) is 0 Å². The van der Waals surface area contributed by atoms with Gasteiger partial charge in [-0.05, 0) is 52.7 Å². The maximum Gasteiger partial charge on any atom is 0.410 e. The highest BCUT2D eigenvalue weighted by Gasteiger charge is 2.42. The number of nitrogens with zero attached hydrogens (tertiary/aromatic N) is 3. The number of amides is 1. The van der Waals surface area contributed by atoms with E-state index in [0.717, 1.165) is 23.8 Å². The maximum absolute atomic E-state index is 13.7. The van der Waals surface area contributed by atoms with E-state index in [0.29, 0.717) is 35.9 Å². The van der Waals surface area contributed by atoms with Crippen LogP contribution in [0.3, 0.4) is 0 Å². The lowest BCUT2D eigenvalue weighted by molar-refractivity contribution is 0.0271. The van der Waals surface area contributed by atoms with Gasteiger partial charge in [-0.2, -0.15) is 4.31 Å². The molecule has 2 aliphatic rings. The predicted molar refractivity (Wildman–Crippen MR) is 133 cm³/mol. The standard InChI is InChI=1S/C25H26BrN3O4S/c26-21-15-27-14-19-8-4-10-23(24(19)21)34(31,32)28-13-11-22-20(16-28)9-5-12-29(22)25(30)33-17-18-6-2-1-3-7-18/h1-4,6-8,10,14-15,20,22H,5,9,11-13,16-17H2. The Morgan fingerprint density at radius 3 is 2.71 bits per heavy atom. The first-order valence-electron chi connectivity index (χ1n) is 11.4.